The van der Waals surface area contributed by atoms with Gasteiger partial charge in [0.15, 0.2) is 11.6 Å². The van der Waals surface area contributed by atoms with Gasteiger partial charge >= 0.3 is 6.18 Å². The molecule has 0 saturated carbocycles. The molecule has 10 heteroatoms. The topological polar surface area (TPSA) is 67.8 Å². The first-order valence-corrected chi connectivity index (χ1v) is 10.7. The van der Waals surface area contributed by atoms with E-state index >= 15 is 0 Å². The fourth-order valence-electron chi connectivity index (χ4n) is 2.85. The summed E-state index contributed by atoms with van der Waals surface area (Å²) >= 11 is 12.6. The Morgan fingerprint density at radius 3 is 2.24 bits per heavy atom. The average Bonchev–Trinajstić information content (AvgIpc) is 2.73. The molecule has 1 aromatic heterocycles. The van der Waals surface area contributed by atoms with Crippen LogP contribution in [0, 0.1) is 19.3 Å². The van der Waals surface area contributed by atoms with E-state index in [9.17, 15) is 18.0 Å². The lowest BCUT2D eigenvalue weighted by Crippen LogP contribution is -2.46. The van der Waals surface area contributed by atoms with Gasteiger partial charge in [0.25, 0.3) is 0 Å². The van der Waals surface area contributed by atoms with E-state index in [0.29, 0.717) is 44.2 Å². The first kappa shape index (κ1) is 24.9. The first-order valence-electron chi connectivity index (χ1n) is 9.92. The standard InChI is InChI=1S/C23H21Cl2F3N4O/c1-12-5-7-15(10-18(12)25)19-30-13(2)31-20(32-19)16-9-14(6-8-17(16)24)11-29-21(33)22(3,4)23(26,27)28/h5-10H,11H2,1-4H3,(H,29,33). The molecular weight excluding hydrogens is 476 g/mol. The molecule has 0 fully saturated rings. The fraction of sp³-hybridized carbons (Fsp3) is 0.304. The molecule has 2 aromatic carbocycles. The minimum absolute atomic E-state index is 0.118. The Hall–Kier alpha value is -2.71. The van der Waals surface area contributed by atoms with Crippen LogP contribution >= 0.6 is 23.2 Å². The van der Waals surface area contributed by atoms with Crippen molar-refractivity contribution in [3.8, 4) is 22.8 Å². The van der Waals surface area contributed by atoms with Crippen molar-refractivity contribution in [1.29, 1.82) is 0 Å². The maximum atomic E-state index is 13.1. The number of carbonyl (C=O) groups excluding carboxylic acids is 1. The summed E-state index contributed by atoms with van der Waals surface area (Å²) in [7, 11) is 0. The van der Waals surface area contributed by atoms with Crippen molar-refractivity contribution in [1.82, 2.24) is 20.3 Å². The van der Waals surface area contributed by atoms with E-state index in [0.717, 1.165) is 19.4 Å². The fourth-order valence-corrected chi connectivity index (χ4v) is 3.23. The molecule has 1 heterocycles. The average molecular weight is 497 g/mol. The molecular formula is C23H21Cl2F3N4O. The molecule has 0 aliphatic rings. The van der Waals surface area contributed by atoms with Gasteiger partial charge in [0.2, 0.25) is 5.91 Å². The predicted octanol–water partition coefficient (Wildman–Crippen LogP) is 6.33. The maximum Gasteiger partial charge on any atom is 0.402 e. The van der Waals surface area contributed by atoms with Crippen LogP contribution in [0.25, 0.3) is 22.8 Å². The van der Waals surface area contributed by atoms with Crippen molar-refractivity contribution in [2.45, 2.75) is 40.4 Å². The second-order valence-corrected chi connectivity index (χ2v) is 8.93. The zero-order valence-corrected chi connectivity index (χ0v) is 19.8. The number of aromatic nitrogens is 3. The minimum atomic E-state index is -4.67. The molecule has 0 aliphatic heterocycles. The highest BCUT2D eigenvalue weighted by Crippen LogP contribution is 2.37. The van der Waals surface area contributed by atoms with Crippen LogP contribution in [0.1, 0.15) is 30.8 Å². The van der Waals surface area contributed by atoms with E-state index in [-0.39, 0.29) is 6.54 Å². The number of aryl methyl sites for hydroxylation is 2. The number of hydrogen-bond donors (Lipinski definition) is 1. The van der Waals surface area contributed by atoms with Crippen molar-refractivity contribution in [2.75, 3.05) is 0 Å². The number of nitrogens with zero attached hydrogens (tertiary/aromatic N) is 3. The van der Waals surface area contributed by atoms with Crippen molar-refractivity contribution in [2.24, 2.45) is 5.41 Å². The van der Waals surface area contributed by atoms with Crippen LogP contribution in [0.15, 0.2) is 36.4 Å². The van der Waals surface area contributed by atoms with E-state index in [2.05, 4.69) is 20.3 Å². The highest BCUT2D eigenvalue weighted by atomic mass is 35.5. The number of carbonyl (C=O) groups is 1. The maximum absolute atomic E-state index is 13.1. The summed E-state index contributed by atoms with van der Waals surface area (Å²) in [5.41, 5.74) is 0.101. The summed E-state index contributed by atoms with van der Waals surface area (Å²) < 4.78 is 39.3. The molecule has 5 nitrogen and oxygen atoms in total. The largest absolute Gasteiger partial charge is 0.402 e. The van der Waals surface area contributed by atoms with Crippen LogP contribution in [0.3, 0.4) is 0 Å². The summed E-state index contributed by atoms with van der Waals surface area (Å²) in [5, 5.41) is 3.25. The molecule has 0 bridgehead atoms. The molecule has 0 radical (unpaired) electrons. The molecule has 1 amide bonds. The van der Waals surface area contributed by atoms with Crippen LogP contribution in [0.5, 0.6) is 0 Å². The number of alkyl halides is 3. The van der Waals surface area contributed by atoms with Crippen LogP contribution in [-0.4, -0.2) is 27.0 Å². The predicted molar refractivity (Wildman–Crippen MR) is 122 cm³/mol. The SMILES string of the molecule is Cc1nc(-c2ccc(C)c(Cl)c2)nc(-c2cc(CNC(=O)C(C)(C)C(F)(F)F)ccc2Cl)n1. The Bertz CT molecular complexity index is 1210. The zero-order chi connectivity index (χ0) is 24.6. The highest BCUT2D eigenvalue weighted by Gasteiger charge is 2.52. The monoisotopic (exact) mass is 496 g/mol. The van der Waals surface area contributed by atoms with E-state index in [1.54, 1.807) is 31.2 Å². The van der Waals surface area contributed by atoms with Gasteiger partial charge in [0.1, 0.15) is 11.2 Å². The number of halogens is 5. The van der Waals surface area contributed by atoms with Gasteiger partial charge in [-0.1, -0.05) is 41.4 Å². The molecule has 3 rings (SSSR count). The third-order valence-electron chi connectivity index (χ3n) is 5.18. The summed E-state index contributed by atoms with van der Waals surface area (Å²) in [5.74, 6) is 0.0264. The molecule has 174 valence electrons. The van der Waals surface area contributed by atoms with Crippen LogP contribution in [-0.2, 0) is 11.3 Å². The van der Waals surface area contributed by atoms with Gasteiger partial charge in [-0.2, -0.15) is 13.2 Å². The quantitative estimate of drug-likeness (QED) is 0.447. The van der Waals surface area contributed by atoms with Gasteiger partial charge < -0.3 is 5.32 Å². The Morgan fingerprint density at radius 1 is 0.939 bits per heavy atom. The Kier molecular flexibility index (Phi) is 7.00. The normalized spacial score (nSPS) is 12.0. The lowest BCUT2D eigenvalue weighted by Gasteiger charge is -2.26. The molecule has 0 atom stereocenters. The van der Waals surface area contributed by atoms with Gasteiger partial charge in [-0.25, -0.2) is 15.0 Å². The molecule has 0 aliphatic carbocycles. The molecule has 1 N–H and O–H groups in total. The number of nitrogens with one attached hydrogen (secondary N) is 1. The van der Waals surface area contributed by atoms with Gasteiger partial charge in [0.05, 0.1) is 5.02 Å². The van der Waals surface area contributed by atoms with Gasteiger partial charge in [-0.3, -0.25) is 4.79 Å². The highest BCUT2D eigenvalue weighted by molar-refractivity contribution is 6.33. The van der Waals surface area contributed by atoms with Crippen molar-refractivity contribution >= 4 is 29.1 Å². The summed E-state index contributed by atoms with van der Waals surface area (Å²) in [6.07, 6.45) is -4.67. The molecule has 3 aromatic rings. The van der Waals surface area contributed by atoms with E-state index < -0.39 is 17.5 Å². The lowest BCUT2D eigenvalue weighted by molar-refractivity contribution is -0.211. The van der Waals surface area contributed by atoms with E-state index in [1.165, 1.54) is 0 Å². The second kappa shape index (κ2) is 9.27. The van der Waals surface area contributed by atoms with Crippen LogP contribution < -0.4 is 5.32 Å². The van der Waals surface area contributed by atoms with Gasteiger partial charge in [-0.05, 0) is 57.0 Å². The molecule has 0 spiro atoms. The van der Waals surface area contributed by atoms with Crippen molar-refractivity contribution in [3.05, 3.63) is 63.4 Å². The molecule has 0 unspecified atom stereocenters. The van der Waals surface area contributed by atoms with Crippen LogP contribution in [0.2, 0.25) is 10.0 Å². The van der Waals surface area contributed by atoms with E-state index in [1.807, 2.05) is 19.1 Å². The zero-order valence-electron chi connectivity index (χ0n) is 18.3. The Morgan fingerprint density at radius 2 is 1.61 bits per heavy atom. The smallest absolute Gasteiger partial charge is 0.351 e. The van der Waals surface area contributed by atoms with Crippen molar-refractivity contribution < 1.29 is 18.0 Å². The van der Waals surface area contributed by atoms with E-state index in [4.69, 9.17) is 23.2 Å². The van der Waals surface area contributed by atoms with Crippen molar-refractivity contribution in [3.63, 3.8) is 0 Å². The first-order chi connectivity index (χ1) is 15.3. The third-order valence-corrected chi connectivity index (χ3v) is 5.92. The number of rotatable bonds is 5. The number of hydrogen-bond acceptors (Lipinski definition) is 4. The third kappa shape index (κ3) is 5.45. The number of amides is 1. The molecule has 33 heavy (non-hydrogen) atoms. The van der Waals surface area contributed by atoms with Crippen LogP contribution in [0.4, 0.5) is 13.2 Å². The molecule has 0 saturated heterocycles. The second-order valence-electron chi connectivity index (χ2n) is 8.11. The summed E-state index contributed by atoms with van der Waals surface area (Å²) in [6, 6.07) is 10.3. The summed E-state index contributed by atoms with van der Waals surface area (Å²) in [6.45, 7) is 5.15. The van der Waals surface area contributed by atoms with Gasteiger partial charge in [-0.15, -0.1) is 0 Å². The number of benzene rings is 2. The lowest BCUT2D eigenvalue weighted by atomic mass is 9.91. The summed E-state index contributed by atoms with van der Waals surface area (Å²) in [4.78, 5) is 25.4. The minimum Gasteiger partial charge on any atom is -0.351 e. The van der Waals surface area contributed by atoms with Gasteiger partial charge in [0, 0.05) is 22.7 Å². The Labute approximate surface area is 199 Å². The Balaban J connectivity index is 1.91.